The van der Waals surface area contributed by atoms with E-state index >= 15 is 0 Å². The second kappa shape index (κ2) is 8.24. The maximum Gasteiger partial charge on any atom is 0.262 e. The molecule has 0 fully saturated rings. The number of anilines is 1. The smallest absolute Gasteiger partial charge is 0.262 e. The number of nitrogens with one attached hydrogen (secondary N) is 2. The van der Waals surface area contributed by atoms with Gasteiger partial charge in [-0.25, -0.2) is 21.9 Å². The first-order valence-corrected chi connectivity index (χ1v) is 9.16. The fraction of sp³-hybridized carbons (Fsp3) is 0.235. The molecule has 0 aromatic heterocycles. The number of sulfonamides is 1. The average molecular weight is 384 g/mol. The highest BCUT2D eigenvalue weighted by Gasteiger charge is 2.15. The maximum atomic E-state index is 13.1. The lowest BCUT2D eigenvalue weighted by Crippen LogP contribution is -2.30. The molecular formula is C17H18F2N2O4S. The first-order chi connectivity index (χ1) is 12.2. The van der Waals surface area contributed by atoms with E-state index in [9.17, 15) is 22.0 Å². The van der Waals surface area contributed by atoms with Gasteiger partial charge in [-0.15, -0.1) is 0 Å². The van der Waals surface area contributed by atoms with Gasteiger partial charge in [-0.2, -0.15) is 0 Å². The molecule has 6 nitrogen and oxygen atoms in total. The fourth-order valence-corrected chi connectivity index (χ4v) is 3.26. The quantitative estimate of drug-likeness (QED) is 0.769. The summed E-state index contributed by atoms with van der Waals surface area (Å²) in [5.41, 5.74) is 0.0960. The summed E-state index contributed by atoms with van der Waals surface area (Å²) in [6.45, 7) is 3.04. The van der Waals surface area contributed by atoms with Gasteiger partial charge in [-0.05, 0) is 50.2 Å². The summed E-state index contributed by atoms with van der Waals surface area (Å²) < 4.78 is 57.6. The zero-order valence-electron chi connectivity index (χ0n) is 14.1. The molecule has 2 aromatic rings. The van der Waals surface area contributed by atoms with Crippen molar-refractivity contribution in [2.75, 3.05) is 11.9 Å². The fourth-order valence-electron chi connectivity index (χ4n) is 2.01. The molecule has 9 heteroatoms. The van der Waals surface area contributed by atoms with Crippen LogP contribution in [0.2, 0.25) is 0 Å². The Bertz CT molecular complexity index is 884. The van der Waals surface area contributed by atoms with Crippen LogP contribution in [0.25, 0.3) is 0 Å². The van der Waals surface area contributed by atoms with Crippen molar-refractivity contribution in [1.82, 2.24) is 4.72 Å². The SMILES string of the molecule is CC(C)NS(=O)(=O)c1ccc(OCC(=O)Nc2ccc(F)c(F)c2)cc1. The predicted molar refractivity (Wildman–Crippen MR) is 92.4 cm³/mol. The summed E-state index contributed by atoms with van der Waals surface area (Å²) in [6.07, 6.45) is 0. The van der Waals surface area contributed by atoms with Crippen LogP contribution in [0.4, 0.5) is 14.5 Å². The first-order valence-electron chi connectivity index (χ1n) is 7.67. The molecule has 0 saturated heterocycles. The van der Waals surface area contributed by atoms with Crippen molar-refractivity contribution >= 4 is 21.6 Å². The highest BCUT2D eigenvalue weighted by atomic mass is 32.2. The topological polar surface area (TPSA) is 84.5 Å². The highest BCUT2D eigenvalue weighted by molar-refractivity contribution is 7.89. The Kier molecular flexibility index (Phi) is 6.27. The molecule has 1 amide bonds. The summed E-state index contributed by atoms with van der Waals surface area (Å²) in [7, 11) is -3.61. The molecule has 0 atom stereocenters. The molecule has 2 aromatic carbocycles. The van der Waals surface area contributed by atoms with Crippen molar-refractivity contribution in [3.63, 3.8) is 0 Å². The molecule has 140 valence electrons. The number of benzene rings is 2. The van der Waals surface area contributed by atoms with Crippen LogP contribution in [-0.4, -0.2) is 27.0 Å². The lowest BCUT2D eigenvalue weighted by Gasteiger charge is -2.11. The molecule has 0 saturated carbocycles. The van der Waals surface area contributed by atoms with E-state index in [1.807, 2.05) is 0 Å². The zero-order valence-corrected chi connectivity index (χ0v) is 14.9. The Labute approximate surface area is 150 Å². The third kappa shape index (κ3) is 5.50. The van der Waals surface area contributed by atoms with E-state index < -0.39 is 27.6 Å². The minimum Gasteiger partial charge on any atom is -0.484 e. The van der Waals surface area contributed by atoms with E-state index in [1.54, 1.807) is 13.8 Å². The van der Waals surface area contributed by atoms with E-state index in [1.165, 1.54) is 30.3 Å². The number of carbonyl (C=O) groups is 1. The van der Waals surface area contributed by atoms with Gasteiger partial charge in [0.15, 0.2) is 18.2 Å². The van der Waals surface area contributed by atoms with Gasteiger partial charge in [0.05, 0.1) is 4.90 Å². The largest absolute Gasteiger partial charge is 0.484 e. The first kappa shape index (κ1) is 19.8. The third-order valence-electron chi connectivity index (χ3n) is 3.10. The predicted octanol–water partition coefficient (Wildman–Crippen LogP) is 2.67. The maximum absolute atomic E-state index is 13.1. The Morgan fingerprint density at radius 2 is 1.73 bits per heavy atom. The Balaban J connectivity index is 1.93. The van der Waals surface area contributed by atoms with Crippen LogP contribution in [0, 0.1) is 11.6 Å². The van der Waals surface area contributed by atoms with Crippen LogP contribution < -0.4 is 14.8 Å². The summed E-state index contributed by atoms with van der Waals surface area (Å²) in [6, 6.07) is 8.28. The standard InChI is InChI=1S/C17H18F2N2O4S/c1-11(2)21-26(23,24)14-6-4-13(5-7-14)25-10-17(22)20-12-3-8-15(18)16(19)9-12/h3-9,11,21H,10H2,1-2H3,(H,20,22). The second-order valence-electron chi connectivity index (χ2n) is 5.71. The second-order valence-corrected chi connectivity index (χ2v) is 7.43. The van der Waals surface area contributed by atoms with Gasteiger partial charge < -0.3 is 10.1 Å². The number of halogens is 2. The highest BCUT2D eigenvalue weighted by Crippen LogP contribution is 2.17. The molecule has 0 heterocycles. The number of amides is 1. The number of rotatable bonds is 7. The molecule has 0 aliphatic carbocycles. The van der Waals surface area contributed by atoms with Crippen molar-refractivity contribution in [2.24, 2.45) is 0 Å². The van der Waals surface area contributed by atoms with E-state index in [0.29, 0.717) is 0 Å². The van der Waals surface area contributed by atoms with Crippen molar-refractivity contribution in [3.05, 3.63) is 54.1 Å². The van der Waals surface area contributed by atoms with Crippen LogP contribution in [0.1, 0.15) is 13.8 Å². The number of ether oxygens (including phenoxy) is 1. The van der Waals surface area contributed by atoms with E-state index in [2.05, 4.69) is 10.0 Å². The molecular weight excluding hydrogens is 366 g/mol. The van der Waals surface area contributed by atoms with Crippen LogP contribution in [0.5, 0.6) is 5.75 Å². The van der Waals surface area contributed by atoms with E-state index in [-0.39, 0.29) is 29.0 Å². The minimum absolute atomic E-state index is 0.0739. The molecule has 0 bridgehead atoms. The van der Waals surface area contributed by atoms with Crippen molar-refractivity contribution < 1.29 is 26.7 Å². The van der Waals surface area contributed by atoms with Gasteiger partial charge in [0.25, 0.3) is 5.91 Å². The van der Waals surface area contributed by atoms with Gasteiger partial charge in [0.2, 0.25) is 10.0 Å². The molecule has 0 spiro atoms. The Morgan fingerprint density at radius 3 is 2.31 bits per heavy atom. The van der Waals surface area contributed by atoms with E-state index in [0.717, 1.165) is 12.1 Å². The van der Waals surface area contributed by atoms with Crippen molar-refractivity contribution in [1.29, 1.82) is 0 Å². The van der Waals surface area contributed by atoms with Crippen LogP contribution in [0.15, 0.2) is 47.4 Å². The number of hydrogen-bond donors (Lipinski definition) is 2. The molecule has 2 N–H and O–H groups in total. The molecule has 0 unspecified atom stereocenters. The van der Waals surface area contributed by atoms with Gasteiger partial charge in [0, 0.05) is 17.8 Å². The summed E-state index contributed by atoms with van der Waals surface area (Å²) in [5, 5.41) is 2.36. The van der Waals surface area contributed by atoms with Crippen molar-refractivity contribution in [2.45, 2.75) is 24.8 Å². The summed E-state index contributed by atoms with van der Waals surface area (Å²) >= 11 is 0. The van der Waals surface area contributed by atoms with Crippen LogP contribution >= 0.6 is 0 Å². The van der Waals surface area contributed by atoms with Crippen LogP contribution in [0.3, 0.4) is 0 Å². The van der Waals surface area contributed by atoms with Gasteiger partial charge >= 0.3 is 0 Å². The summed E-state index contributed by atoms with van der Waals surface area (Å²) in [5.74, 6) is -2.38. The Hall–Kier alpha value is -2.52. The third-order valence-corrected chi connectivity index (χ3v) is 4.77. The lowest BCUT2D eigenvalue weighted by molar-refractivity contribution is -0.118. The summed E-state index contributed by atoms with van der Waals surface area (Å²) in [4.78, 5) is 11.8. The molecule has 26 heavy (non-hydrogen) atoms. The number of carbonyl (C=O) groups excluding carboxylic acids is 1. The monoisotopic (exact) mass is 384 g/mol. The molecule has 0 aliphatic rings. The van der Waals surface area contributed by atoms with E-state index in [4.69, 9.17) is 4.74 Å². The van der Waals surface area contributed by atoms with Gasteiger partial charge in [-0.1, -0.05) is 0 Å². The lowest BCUT2D eigenvalue weighted by atomic mass is 10.3. The van der Waals surface area contributed by atoms with Crippen LogP contribution in [-0.2, 0) is 14.8 Å². The number of hydrogen-bond acceptors (Lipinski definition) is 4. The van der Waals surface area contributed by atoms with Crippen molar-refractivity contribution in [3.8, 4) is 5.75 Å². The minimum atomic E-state index is -3.61. The van der Waals surface area contributed by atoms with Gasteiger partial charge in [-0.3, -0.25) is 4.79 Å². The Morgan fingerprint density at radius 1 is 1.08 bits per heavy atom. The molecule has 2 rings (SSSR count). The zero-order chi connectivity index (χ0) is 19.3. The molecule has 0 radical (unpaired) electrons. The van der Waals surface area contributed by atoms with Gasteiger partial charge in [0.1, 0.15) is 5.75 Å². The average Bonchev–Trinajstić information content (AvgIpc) is 2.55. The normalized spacial score (nSPS) is 11.4. The molecule has 0 aliphatic heterocycles.